The molecule has 1 unspecified atom stereocenters. The van der Waals surface area contributed by atoms with Crippen molar-refractivity contribution >= 4 is 33.7 Å². The van der Waals surface area contributed by atoms with E-state index < -0.39 is 22.7 Å². The first-order valence-corrected chi connectivity index (χ1v) is 3.90. The summed E-state index contributed by atoms with van der Waals surface area (Å²) in [6, 6.07) is 0. The van der Waals surface area contributed by atoms with Crippen LogP contribution < -0.4 is 5.73 Å². The highest BCUT2D eigenvalue weighted by Gasteiger charge is 2.32. The smallest absolute Gasteiger partial charge is 0.270 e. The van der Waals surface area contributed by atoms with Gasteiger partial charge in [-0.3, -0.25) is 25.0 Å². The lowest BCUT2D eigenvalue weighted by Gasteiger charge is -2.16. The van der Waals surface area contributed by atoms with E-state index in [1.165, 1.54) is 0 Å². The maximum absolute atomic E-state index is 10.9. The number of amides is 3. The minimum absolute atomic E-state index is 0.581. The molecular formula is C6H4BrN2O3. The van der Waals surface area contributed by atoms with Gasteiger partial charge in [0, 0.05) is 12.2 Å². The van der Waals surface area contributed by atoms with Crippen molar-refractivity contribution in [3.8, 4) is 0 Å². The number of halogens is 1. The molecule has 1 aliphatic heterocycles. The number of nitrogens with one attached hydrogen (secondary N) is 1. The highest BCUT2D eigenvalue weighted by atomic mass is 79.9. The molecule has 0 spiro atoms. The molecule has 0 aromatic heterocycles. The number of rotatable bonds is 2. The number of imide groups is 1. The standard InChI is InChI=1S/C6H4BrN2O3/c7-5(6(8)12)9-3(10)1-2-4(9)11/h1-2,5,8H. The van der Waals surface area contributed by atoms with Crippen molar-refractivity contribution in [2.45, 2.75) is 4.95 Å². The molecule has 0 saturated heterocycles. The normalized spacial score (nSPS) is 18.6. The summed E-state index contributed by atoms with van der Waals surface area (Å²) in [6.07, 6.45) is 2.11. The molecule has 1 N–H and O–H groups in total. The summed E-state index contributed by atoms with van der Waals surface area (Å²) in [4.78, 5) is 31.7. The molecule has 0 saturated carbocycles. The second-order valence-corrected chi connectivity index (χ2v) is 2.95. The van der Waals surface area contributed by atoms with Crippen LogP contribution in [0.25, 0.3) is 0 Å². The SMILES string of the molecule is [NH]C(=O)C(Br)N1C(=O)C=CC1=O. The Labute approximate surface area is 76.3 Å². The molecule has 12 heavy (non-hydrogen) atoms. The molecule has 0 fully saturated rings. The molecule has 6 heteroatoms. The zero-order valence-electron chi connectivity index (χ0n) is 5.78. The summed E-state index contributed by atoms with van der Waals surface area (Å²) in [5.41, 5.74) is 6.67. The molecular weight excluding hydrogens is 228 g/mol. The van der Waals surface area contributed by atoms with E-state index >= 15 is 0 Å². The van der Waals surface area contributed by atoms with E-state index in [0.717, 1.165) is 12.2 Å². The summed E-state index contributed by atoms with van der Waals surface area (Å²) < 4.78 is 0. The average Bonchev–Trinajstić information content (AvgIpc) is 2.30. The molecule has 0 aliphatic carbocycles. The summed E-state index contributed by atoms with van der Waals surface area (Å²) in [5.74, 6) is -2.19. The molecule has 1 aliphatic rings. The quantitative estimate of drug-likeness (QED) is 0.363. The molecule has 0 bridgehead atoms. The fraction of sp³-hybridized carbons (Fsp3) is 0.167. The topological polar surface area (TPSA) is 78.2 Å². The molecule has 0 aromatic carbocycles. The van der Waals surface area contributed by atoms with Crippen LogP contribution in [-0.4, -0.2) is 27.6 Å². The van der Waals surface area contributed by atoms with Crippen molar-refractivity contribution in [3.63, 3.8) is 0 Å². The Kier molecular flexibility index (Phi) is 2.27. The largest absolute Gasteiger partial charge is 0.272 e. The number of hydrogen-bond acceptors (Lipinski definition) is 3. The zero-order valence-corrected chi connectivity index (χ0v) is 7.37. The first-order valence-electron chi connectivity index (χ1n) is 2.99. The molecule has 1 atom stereocenters. The van der Waals surface area contributed by atoms with Crippen LogP contribution in [0, 0.1) is 0 Å². The van der Waals surface area contributed by atoms with E-state index in [2.05, 4.69) is 15.9 Å². The van der Waals surface area contributed by atoms with Crippen LogP contribution in [0.4, 0.5) is 0 Å². The fourth-order valence-electron chi connectivity index (χ4n) is 0.752. The van der Waals surface area contributed by atoms with Crippen LogP contribution in [-0.2, 0) is 14.4 Å². The minimum Gasteiger partial charge on any atom is -0.270 e. The van der Waals surface area contributed by atoms with Crippen LogP contribution in [0.15, 0.2) is 12.2 Å². The lowest BCUT2D eigenvalue weighted by Crippen LogP contribution is -2.41. The van der Waals surface area contributed by atoms with Gasteiger partial charge in [-0.15, -0.1) is 0 Å². The van der Waals surface area contributed by atoms with Gasteiger partial charge >= 0.3 is 0 Å². The Balaban J connectivity index is 2.83. The number of hydrogen-bond donors (Lipinski definition) is 0. The van der Waals surface area contributed by atoms with Gasteiger partial charge in [0.2, 0.25) is 0 Å². The molecule has 3 amide bonds. The molecule has 0 aromatic rings. The van der Waals surface area contributed by atoms with E-state index in [0.29, 0.717) is 4.90 Å². The molecule has 63 valence electrons. The first kappa shape index (κ1) is 8.92. The lowest BCUT2D eigenvalue weighted by atomic mass is 10.5. The molecule has 1 radical (unpaired) electrons. The molecule has 1 heterocycles. The Morgan fingerprint density at radius 2 is 1.83 bits per heavy atom. The van der Waals surface area contributed by atoms with E-state index in [1.807, 2.05) is 0 Å². The van der Waals surface area contributed by atoms with Crippen molar-refractivity contribution in [2.75, 3.05) is 0 Å². The maximum Gasteiger partial charge on any atom is 0.272 e. The predicted octanol–water partition coefficient (Wildman–Crippen LogP) is -0.558. The van der Waals surface area contributed by atoms with Gasteiger partial charge in [0.25, 0.3) is 17.7 Å². The highest BCUT2D eigenvalue weighted by Crippen LogP contribution is 2.13. The van der Waals surface area contributed by atoms with Gasteiger partial charge in [0.05, 0.1) is 0 Å². The van der Waals surface area contributed by atoms with Gasteiger partial charge in [-0.05, 0) is 0 Å². The Morgan fingerprint density at radius 1 is 1.42 bits per heavy atom. The van der Waals surface area contributed by atoms with Crippen molar-refractivity contribution in [1.82, 2.24) is 10.6 Å². The van der Waals surface area contributed by atoms with Gasteiger partial charge in [-0.1, -0.05) is 15.9 Å². The summed E-state index contributed by atoms with van der Waals surface area (Å²) in [7, 11) is 0. The van der Waals surface area contributed by atoms with Crippen molar-refractivity contribution in [1.29, 1.82) is 0 Å². The fourth-order valence-corrected chi connectivity index (χ4v) is 1.16. The van der Waals surface area contributed by atoms with Gasteiger partial charge in [0.1, 0.15) is 0 Å². The van der Waals surface area contributed by atoms with E-state index in [9.17, 15) is 14.4 Å². The van der Waals surface area contributed by atoms with Crippen molar-refractivity contribution in [3.05, 3.63) is 12.2 Å². The lowest BCUT2D eigenvalue weighted by molar-refractivity contribution is -0.141. The Bertz CT molecular complexity index is 269. The summed E-state index contributed by atoms with van der Waals surface area (Å²) >= 11 is 2.76. The molecule has 5 nitrogen and oxygen atoms in total. The van der Waals surface area contributed by atoms with Crippen molar-refractivity contribution < 1.29 is 14.4 Å². The van der Waals surface area contributed by atoms with Crippen LogP contribution in [0.1, 0.15) is 0 Å². The number of alkyl halides is 1. The zero-order chi connectivity index (χ0) is 9.30. The predicted molar refractivity (Wildman–Crippen MR) is 41.8 cm³/mol. The minimum atomic E-state index is -1.17. The second-order valence-electron chi connectivity index (χ2n) is 2.08. The Hall–Kier alpha value is -1.17. The second kappa shape index (κ2) is 3.06. The van der Waals surface area contributed by atoms with Crippen LogP contribution in [0.5, 0.6) is 0 Å². The van der Waals surface area contributed by atoms with E-state index in [1.54, 1.807) is 0 Å². The van der Waals surface area contributed by atoms with Gasteiger partial charge in [-0.2, -0.15) is 0 Å². The Morgan fingerprint density at radius 3 is 2.17 bits per heavy atom. The molecule has 1 rings (SSSR count). The van der Waals surface area contributed by atoms with Crippen LogP contribution in [0.2, 0.25) is 0 Å². The van der Waals surface area contributed by atoms with Gasteiger partial charge in [0.15, 0.2) is 4.95 Å². The van der Waals surface area contributed by atoms with E-state index in [-0.39, 0.29) is 0 Å². The average molecular weight is 232 g/mol. The third kappa shape index (κ3) is 1.38. The maximum atomic E-state index is 10.9. The van der Waals surface area contributed by atoms with Crippen LogP contribution >= 0.6 is 15.9 Å². The summed E-state index contributed by atoms with van der Waals surface area (Å²) in [5, 5.41) is 0. The van der Waals surface area contributed by atoms with Crippen molar-refractivity contribution in [2.24, 2.45) is 0 Å². The number of carbonyl (C=O) groups excluding carboxylic acids is 3. The third-order valence-corrected chi connectivity index (χ3v) is 2.11. The first-order chi connectivity index (χ1) is 5.54. The van der Waals surface area contributed by atoms with Crippen LogP contribution in [0.3, 0.4) is 0 Å². The summed E-state index contributed by atoms with van der Waals surface area (Å²) in [6.45, 7) is 0. The van der Waals surface area contributed by atoms with E-state index in [4.69, 9.17) is 5.73 Å². The van der Waals surface area contributed by atoms with Gasteiger partial charge in [-0.25, -0.2) is 0 Å². The monoisotopic (exact) mass is 231 g/mol. The number of nitrogens with zero attached hydrogens (tertiary/aromatic N) is 1. The van der Waals surface area contributed by atoms with Gasteiger partial charge < -0.3 is 0 Å². The third-order valence-electron chi connectivity index (χ3n) is 1.29. The highest BCUT2D eigenvalue weighted by molar-refractivity contribution is 9.10. The number of carbonyl (C=O) groups is 3.